The number of hydrogen-bond acceptors (Lipinski definition) is 6. The maximum Gasteiger partial charge on any atom is 0.148 e. The third kappa shape index (κ3) is 4.59. The van der Waals surface area contributed by atoms with E-state index >= 15 is 0 Å². The number of aromatic nitrogens is 4. The molecule has 4 heterocycles. The van der Waals surface area contributed by atoms with Crippen molar-refractivity contribution in [1.82, 2.24) is 24.8 Å². The van der Waals surface area contributed by atoms with Gasteiger partial charge in [0.15, 0.2) is 0 Å². The molecule has 1 N–H and O–H groups in total. The molecule has 1 saturated heterocycles. The predicted octanol–water partition coefficient (Wildman–Crippen LogP) is 5.01. The zero-order valence-electron chi connectivity index (χ0n) is 17.2. The van der Waals surface area contributed by atoms with E-state index in [-0.39, 0.29) is 6.04 Å². The minimum absolute atomic E-state index is 0.186. The van der Waals surface area contributed by atoms with Gasteiger partial charge >= 0.3 is 0 Å². The van der Waals surface area contributed by atoms with Gasteiger partial charge in [-0.3, -0.25) is 14.9 Å². The summed E-state index contributed by atoms with van der Waals surface area (Å²) in [6, 6.07) is 20.4. The number of pyridine rings is 2. The van der Waals surface area contributed by atoms with Crippen LogP contribution in [0.25, 0.3) is 11.3 Å². The molecule has 1 fully saturated rings. The van der Waals surface area contributed by atoms with Crippen LogP contribution in [0, 0.1) is 0 Å². The molecule has 0 spiro atoms. The van der Waals surface area contributed by atoms with Gasteiger partial charge < -0.3 is 5.32 Å². The first-order valence-electron chi connectivity index (χ1n) is 10.6. The van der Waals surface area contributed by atoms with Crippen LogP contribution in [0.2, 0.25) is 0 Å². The summed E-state index contributed by atoms with van der Waals surface area (Å²) in [5, 5.41) is 3.45. The Hall–Kier alpha value is -3.64. The lowest BCUT2D eigenvalue weighted by atomic mass is 10.1. The smallest absolute Gasteiger partial charge is 0.148 e. The highest BCUT2D eigenvalue weighted by Gasteiger charge is 2.29. The molecule has 1 aromatic carbocycles. The standard InChI is InChI=1S/C25H24N6/c1-2-5-21(6-3-1)28-24-17-22(20-10-14-27-15-11-20)29-25(30-24)23-7-4-16-31(23)18-19-8-12-26-13-9-19/h1-3,5-6,8-15,17,23H,4,7,16,18H2,(H,28,29,30)/t23-/m0/s1. The van der Waals surface area contributed by atoms with Crippen molar-refractivity contribution in [3.05, 3.63) is 96.8 Å². The van der Waals surface area contributed by atoms with Crippen molar-refractivity contribution in [2.75, 3.05) is 11.9 Å². The molecule has 3 aromatic heterocycles. The van der Waals surface area contributed by atoms with E-state index in [1.54, 1.807) is 12.4 Å². The third-order valence-corrected chi connectivity index (χ3v) is 5.56. The van der Waals surface area contributed by atoms with Gasteiger partial charge in [-0.2, -0.15) is 0 Å². The van der Waals surface area contributed by atoms with E-state index in [0.29, 0.717) is 0 Å². The van der Waals surface area contributed by atoms with E-state index in [2.05, 4.69) is 32.3 Å². The Balaban J connectivity index is 1.50. The number of hydrogen-bond donors (Lipinski definition) is 1. The van der Waals surface area contributed by atoms with Crippen LogP contribution in [-0.4, -0.2) is 31.4 Å². The lowest BCUT2D eigenvalue weighted by Crippen LogP contribution is -2.24. The molecule has 5 rings (SSSR count). The van der Waals surface area contributed by atoms with E-state index in [1.807, 2.05) is 60.9 Å². The fourth-order valence-electron chi connectivity index (χ4n) is 4.05. The third-order valence-electron chi connectivity index (χ3n) is 5.56. The molecule has 0 aliphatic carbocycles. The first-order valence-corrected chi connectivity index (χ1v) is 10.6. The molecule has 0 amide bonds. The van der Waals surface area contributed by atoms with E-state index < -0.39 is 0 Å². The second kappa shape index (κ2) is 9.02. The molecule has 4 aromatic rings. The van der Waals surface area contributed by atoms with Crippen LogP contribution in [0.4, 0.5) is 11.5 Å². The van der Waals surface area contributed by atoms with Crippen LogP contribution in [0.15, 0.2) is 85.5 Å². The minimum Gasteiger partial charge on any atom is -0.340 e. The van der Waals surface area contributed by atoms with Gasteiger partial charge in [-0.05, 0) is 61.3 Å². The van der Waals surface area contributed by atoms with E-state index in [4.69, 9.17) is 9.97 Å². The fourth-order valence-corrected chi connectivity index (χ4v) is 4.05. The normalized spacial score (nSPS) is 16.3. The summed E-state index contributed by atoms with van der Waals surface area (Å²) in [6.07, 6.45) is 9.49. The largest absolute Gasteiger partial charge is 0.340 e. The maximum atomic E-state index is 4.99. The highest BCUT2D eigenvalue weighted by molar-refractivity contribution is 5.65. The minimum atomic E-state index is 0.186. The van der Waals surface area contributed by atoms with Crippen molar-refractivity contribution in [1.29, 1.82) is 0 Å². The summed E-state index contributed by atoms with van der Waals surface area (Å²) >= 11 is 0. The van der Waals surface area contributed by atoms with Gasteiger partial charge in [0.1, 0.15) is 11.6 Å². The number of rotatable bonds is 6. The van der Waals surface area contributed by atoms with Gasteiger partial charge in [0.25, 0.3) is 0 Å². The number of benzene rings is 1. The van der Waals surface area contributed by atoms with E-state index in [9.17, 15) is 0 Å². The van der Waals surface area contributed by atoms with Gasteiger partial charge in [-0.1, -0.05) is 18.2 Å². The van der Waals surface area contributed by atoms with E-state index in [1.165, 1.54) is 5.56 Å². The fraction of sp³-hybridized carbons (Fsp3) is 0.200. The number of anilines is 2. The summed E-state index contributed by atoms with van der Waals surface area (Å²) in [5.41, 5.74) is 4.21. The average molecular weight is 409 g/mol. The highest BCUT2D eigenvalue weighted by atomic mass is 15.2. The number of nitrogens with one attached hydrogen (secondary N) is 1. The van der Waals surface area contributed by atoms with Crippen molar-refractivity contribution in [2.24, 2.45) is 0 Å². The Labute approximate surface area is 182 Å². The van der Waals surface area contributed by atoms with Crippen LogP contribution in [0.1, 0.15) is 30.3 Å². The molecule has 0 bridgehead atoms. The Bertz CT molecular complexity index is 1120. The van der Waals surface area contributed by atoms with Crippen LogP contribution in [-0.2, 0) is 6.54 Å². The molecule has 0 radical (unpaired) electrons. The summed E-state index contributed by atoms with van der Waals surface area (Å²) < 4.78 is 0. The molecule has 1 atom stereocenters. The lowest BCUT2D eigenvalue weighted by Gasteiger charge is -2.24. The van der Waals surface area contributed by atoms with Crippen molar-refractivity contribution in [3.8, 4) is 11.3 Å². The van der Waals surface area contributed by atoms with Crippen LogP contribution in [0.5, 0.6) is 0 Å². The Morgan fingerprint density at radius 1 is 0.871 bits per heavy atom. The van der Waals surface area contributed by atoms with Crippen molar-refractivity contribution in [3.63, 3.8) is 0 Å². The van der Waals surface area contributed by atoms with Crippen molar-refractivity contribution < 1.29 is 0 Å². The molecule has 0 saturated carbocycles. The summed E-state index contributed by atoms with van der Waals surface area (Å²) in [6.45, 7) is 1.91. The molecule has 31 heavy (non-hydrogen) atoms. The molecule has 1 aliphatic rings. The van der Waals surface area contributed by atoms with Crippen molar-refractivity contribution >= 4 is 11.5 Å². The van der Waals surface area contributed by atoms with E-state index in [0.717, 1.165) is 54.5 Å². The van der Waals surface area contributed by atoms with Gasteiger partial charge in [-0.25, -0.2) is 9.97 Å². The van der Waals surface area contributed by atoms with Crippen LogP contribution in [0.3, 0.4) is 0 Å². The average Bonchev–Trinajstić information content (AvgIpc) is 3.29. The second-order valence-corrected chi connectivity index (χ2v) is 7.71. The Morgan fingerprint density at radius 3 is 2.39 bits per heavy atom. The SMILES string of the molecule is c1ccc(Nc2cc(-c3ccncc3)nc([C@@H]3CCCN3Cc3ccncc3)n2)cc1. The molecule has 6 heteroatoms. The first kappa shape index (κ1) is 19.3. The number of nitrogens with zero attached hydrogens (tertiary/aromatic N) is 5. The molecule has 6 nitrogen and oxygen atoms in total. The Kier molecular flexibility index (Phi) is 5.62. The van der Waals surface area contributed by atoms with Gasteiger partial charge in [0.2, 0.25) is 0 Å². The van der Waals surface area contributed by atoms with Gasteiger partial charge in [-0.15, -0.1) is 0 Å². The van der Waals surface area contributed by atoms with Gasteiger partial charge in [0.05, 0.1) is 11.7 Å². The zero-order valence-corrected chi connectivity index (χ0v) is 17.2. The number of likely N-dealkylation sites (tertiary alicyclic amines) is 1. The van der Waals surface area contributed by atoms with Crippen molar-refractivity contribution in [2.45, 2.75) is 25.4 Å². The van der Waals surface area contributed by atoms with Crippen LogP contribution >= 0.6 is 0 Å². The topological polar surface area (TPSA) is 66.8 Å². The molecule has 154 valence electrons. The quantitative estimate of drug-likeness (QED) is 0.483. The van der Waals surface area contributed by atoms with Gasteiger partial charge in [0, 0.05) is 48.6 Å². The maximum absolute atomic E-state index is 4.99. The summed E-state index contributed by atoms with van der Waals surface area (Å²) in [7, 11) is 0. The summed E-state index contributed by atoms with van der Waals surface area (Å²) in [5.74, 6) is 1.66. The zero-order chi connectivity index (χ0) is 20.9. The lowest BCUT2D eigenvalue weighted by molar-refractivity contribution is 0.240. The highest BCUT2D eigenvalue weighted by Crippen LogP contribution is 2.33. The molecule has 1 aliphatic heterocycles. The molecular formula is C25H24N6. The Morgan fingerprint density at radius 2 is 1.61 bits per heavy atom. The predicted molar refractivity (Wildman–Crippen MR) is 122 cm³/mol. The molecular weight excluding hydrogens is 384 g/mol. The summed E-state index contributed by atoms with van der Waals surface area (Å²) in [4.78, 5) is 20.7. The monoisotopic (exact) mass is 408 g/mol. The number of para-hydroxylation sites is 1. The second-order valence-electron chi connectivity index (χ2n) is 7.71. The molecule has 0 unspecified atom stereocenters. The van der Waals surface area contributed by atoms with Crippen LogP contribution < -0.4 is 5.32 Å². The first-order chi connectivity index (χ1) is 15.3.